The van der Waals surface area contributed by atoms with Crippen LogP contribution in [0, 0.1) is 0 Å². The molecular formula is C20H23N5O2. The molecule has 3 rings (SSSR count). The lowest BCUT2D eigenvalue weighted by atomic mass is 10.2. The minimum atomic E-state index is -0.356. The highest BCUT2D eigenvalue weighted by Crippen LogP contribution is 2.18. The van der Waals surface area contributed by atoms with Crippen LogP contribution >= 0.6 is 0 Å². The van der Waals surface area contributed by atoms with Gasteiger partial charge in [0.15, 0.2) is 5.69 Å². The number of fused-ring (bicyclic) bond motifs is 1. The van der Waals surface area contributed by atoms with E-state index in [4.69, 9.17) is 0 Å². The van der Waals surface area contributed by atoms with E-state index in [2.05, 4.69) is 15.6 Å². The first-order valence-electron chi connectivity index (χ1n) is 8.85. The van der Waals surface area contributed by atoms with E-state index in [9.17, 15) is 9.59 Å². The van der Waals surface area contributed by atoms with Gasteiger partial charge in [0.05, 0.1) is 5.52 Å². The zero-order chi connectivity index (χ0) is 19.4. The molecule has 2 heterocycles. The van der Waals surface area contributed by atoms with Gasteiger partial charge in [-0.3, -0.25) is 14.0 Å². The molecule has 2 aromatic heterocycles. The van der Waals surface area contributed by atoms with Crippen LogP contribution in [0.4, 0.5) is 11.4 Å². The summed E-state index contributed by atoms with van der Waals surface area (Å²) < 4.78 is 1.63. The molecule has 0 unspecified atom stereocenters. The Balaban J connectivity index is 1.89. The second-order valence-corrected chi connectivity index (χ2v) is 6.39. The quantitative estimate of drug-likeness (QED) is 0.704. The SMILES string of the molecule is CCCNC(=O)c1nc(C(=O)Nc2ccc(N(C)C)cc2)c2ccccn12. The van der Waals surface area contributed by atoms with Crippen molar-refractivity contribution in [1.29, 1.82) is 0 Å². The van der Waals surface area contributed by atoms with Crippen LogP contribution < -0.4 is 15.5 Å². The van der Waals surface area contributed by atoms with Crippen LogP contribution in [-0.4, -0.2) is 41.8 Å². The Morgan fingerprint density at radius 1 is 1.07 bits per heavy atom. The van der Waals surface area contributed by atoms with Crippen molar-refractivity contribution in [3.8, 4) is 0 Å². The number of nitrogens with zero attached hydrogens (tertiary/aromatic N) is 3. The van der Waals surface area contributed by atoms with Crippen molar-refractivity contribution in [3.63, 3.8) is 0 Å². The third-order valence-corrected chi connectivity index (χ3v) is 4.14. The third-order valence-electron chi connectivity index (χ3n) is 4.14. The summed E-state index contributed by atoms with van der Waals surface area (Å²) in [5, 5.41) is 5.65. The molecule has 0 saturated carbocycles. The number of carbonyl (C=O) groups excluding carboxylic acids is 2. The molecule has 2 amide bonds. The van der Waals surface area contributed by atoms with Gasteiger partial charge in [0.25, 0.3) is 11.8 Å². The standard InChI is InChI=1S/C20H23N5O2/c1-4-12-21-20(27)18-23-17(16-7-5-6-13-25(16)18)19(26)22-14-8-10-15(11-9-14)24(2)3/h5-11,13H,4,12H2,1-3H3,(H,21,27)(H,22,26). The molecule has 7 heteroatoms. The Hall–Kier alpha value is -3.35. The number of hydrogen-bond donors (Lipinski definition) is 2. The smallest absolute Gasteiger partial charge is 0.287 e. The average Bonchev–Trinajstić information content (AvgIpc) is 3.06. The summed E-state index contributed by atoms with van der Waals surface area (Å²) in [6.07, 6.45) is 2.55. The van der Waals surface area contributed by atoms with E-state index in [1.54, 1.807) is 22.7 Å². The van der Waals surface area contributed by atoms with E-state index < -0.39 is 0 Å². The summed E-state index contributed by atoms with van der Waals surface area (Å²) in [4.78, 5) is 31.4. The van der Waals surface area contributed by atoms with Gasteiger partial charge in [-0.15, -0.1) is 0 Å². The van der Waals surface area contributed by atoms with Gasteiger partial charge in [-0.2, -0.15) is 0 Å². The Morgan fingerprint density at radius 2 is 1.81 bits per heavy atom. The van der Waals surface area contributed by atoms with Gasteiger partial charge >= 0.3 is 0 Å². The minimum Gasteiger partial charge on any atom is -0.378 e. The van der Waals surface area contributed by atoms with E-state index in [1.165, 1.54) is 0 Å². The molecule has 0 atom stereocenters. The van der Waals surface area contributed by atoms with Crippen molar-refractivity contribution in [2.45, 2.75) is 13.3 Å². The summed E-state index contributed by atoms with van der Waals surface area (Å²) in [5.41, 5.74) is 2.51. The van der Waals surface area contributed by atoms with E-state index in [1.807, 2.05) is 56.3 Å². The predicted octanol–water partition coefficient (Wildman–Crippen LogP) is 2.79. The second kappa shape index (κ2) is 7.90. The van der Waals surface area contributed by atoms with Crippen LogP contribution in [0.25, 0.3) is 5.52 Å². The van der Waals surface area contributed by atoms with Crippen LogP contribution in [0.5, 0.6) is 0 Å². The molecular weight excluding hydrogens is 342 g/mol. The number of benzene rings is 1. The number of nitrogens with one attached hydrogen (secondary N) is 2. The topological polar surface area (TPSA) is 78.7 Å². The van der Waals surface area contributed by atoms with E-state index in [0.29, 0.717) is 17.7 Å². The number of amides is 2. The number of aromatic nitrogens is 2. The fourth-order valence-electron chi connectivity index (χ4n) is 2.72. The predicted molar refractivity (Wildman–Crippen MR) is 107 cm³/mol. The van der Waals surface area contributed by atoms with Gasteiger partial charge in [-0.05, 0) is 42.8 Å². The van der Waals surface area contributed by atoms with Gasteiger partial charge in [0.2, 0.25) is 5.82 Å². The second-order valence-electron chi connectivity index (χ2n) is 6.39. The first-order chi connectivity index (χ1) is 13.0. The number of anilines is 2. The van der Waals surface area contributed by atoms with E-state index in [0.717, 1.165) is 12.1 Å². The van der Waals surface area contributed by atoms with Crippen LogP contribution in [0.15, 0.2) is 48.7 Å². The Kier molecular flexibility index (Phi) is 5.40. The van der Waals surface area contributed by atoms with Crippen molar-refractivity contribution in [1.82, 2.24) is 14.7 Å². The summed E-state index contributed by atoms with van der Waals surface area (Å²) in [5.74, 6) is -0.453. The van der Waals surface area contributed by atoms with E-state index in [-0.39, 0.29) is 23.3 Å². The average molecular weight is 365 g/mol. The van der Waals surface area contributed by atoms with Gasteiger partial charge in [-0.1, -0.05) is 13.0 Å². The molecule has 0 fully saturated rings. The Bertz CT molecular complexity index is 960. The first kappa shape index (κ1) is 18.4. The van der Waals surface area contributed by atoms with Crippen LogP contribution in [0.3, 0.4) is 0 Å². The molecule has 140 valence electrons. The molecule has 3 aromatic rings. The zero-order valence-corrected chi connectivity index (χ0v) is 15.7. The summed E-state index contributed by atoms with van der Waals surface area (Å²) >= 11 is 0. The Labute approximate surface area is 158 Å². The van der Waals surface area contributed by atoms with Gasteiger partial charge in [0.1, 0.15) is 0 Å². The van der Waals surface area contributed by atoms with Crippen molar-refractivity contribution in [3.05, 3.63) is 60.2 Å². The normalized spacial score (nSPS) is 10.6. The molecule has 2 N–H and O–H groups in total. The fourth-order valence-corrected chi connectivity index (χ4v) is 2.72. The van der Waals surface area contributed by atoms with E-state index >= 15 is 0 Å². The molecule has 0 bridgehead atoms. The lowest BCUT2D eigenvalue weighted by Crippen LogP contribution is -2.26. The maximum Gasteiger partial charge on any atom is 0.287 e. The van der Waals surface area contributed by atoms with Crippen molar-refractivity contribution < 1.29 is 9.59 Å². The first-order valence-corrected chi connectivity index (χ1v) is 8.85. The highest BCUT2D eigenvalue weighted by atomic mass is 16.2. The van der Waals surface area contributed by atoms with Gasteiger partial charge < -0.3 is 15.5 Å². The molecule has 0 aliphatic heterocycles. The Morgan fingerprint density at radius 3 is 2.48 bits per heavy atom. The molecule has 0 spiro atoms. The number of rotatable bonds is 6. The van der Waals surface area contributed by atoms with Crippen molar-refractivity contribution in [2.24, 2.45) is 0 Å². The number of imidazole rings is 1. The zero-order valence-electron chi connectivity index (χ0n) is 15.7. The van der Waals surface area contributed by atoms with Gasteiger partial charge in [-0.25, -0.2) is 4.98 Å². The molecule has 1 aromatic carbocycles. The summed E-state index contributed by atoms with van der Waals surface area (Å²) in [7, 11) is 3.91. The minimum absolute atomic E-state index is 0.201. The van der Waals surface area contributed by atoms with Crippen molar-refractivity contribution in [2.75, 3.05) is 30.9 Å². The van der Waals surface area contributed by atoms with Crippen molar-refractivity contribution >= 4 is 28.7 Å². The van der Waals surface area contributed by atoms with Crippen LogP contribution in [0.2, 0.25) is 0 Å². The van der Waals surface area contributed by atoms with Crippen LogP contribution in [-0.2, 0) is 0 Å². The molecule has 0 aliphatic rings. The lowest BCUT2D eigenvalue weighted by Gasteiger charge is -2.12. The number of carbonyl (C=O) groups is 2. The molecule has 0 saturated heterocycles. The monoisotopic (exact) mass is 365 g/mol. The van der Waals surface area contributed by atoms with Crippen LogP contribution in [0.1, 0.15) is 34.5 Å². The third kappa shape index (κ3) is 3.92. The van der Waals surface area contributed by atoms with Gasteiger partial charge in [0, 0.05) is 38.2 Å². The summed E-state index contributed by atoms with van der Waals surface area (Å²) in [6, 6.07) is 12.9. The largest absolute Gasteiger partial charge is 0.378 e. The molecule has 27 heavy (non-hydrogen) atoms. The maximum absolute atomic E-state index is 12.8. The molecule has 0 aliphatic carbocycles. The fraction of sp³-hybridized carbons (Fsp3) is 0.250. The molecule has 0 radical (unpaired) electrons. The summed E-state index contributed by atoms with van der Waals surface area (Å²) in [6.45, 7) is 2.53. The number of pyridine rings is 1. The highest BCUT2D eigenvalue weighted by molar-refractivity contribution is 6.09. The highest BCUT2D eigenvalue weighted by Gasteiger charge is 2.21. The molecule has 7 nitrogen and oxygen atoms in total. The lowest BCUT2D eigenvalue weighted by molar-refractivity contribution is 0.0942. The maximum atomic E-state index is 12.8. The number of hydrogen-bond acceptors (Lipinski definition) is 4.